The molecule has 4 aromatic rings. The third-order valence-electron chi connectivity index (χ3n) is 6.03. The number of halogens is 3. The van der Waals surface area contributed by atoms with Crippen molar-refractivity contribution in [1.82, 2.24) is 4.57 Å². The molecule has 3 heterocycles. The first-order valence-corrected chi connectivity index (χ1v) is 13.0. The fourth-order valence-electron chi connectivity index (χ4n) is 4.23. The number of thioether (sulfide) groups is 1. The molecule has 184 valence electrons. The van der Waals surface area contributed by atoms with Gasteiger partial charge in [0.05, 0.1) is 11.3 Å². The molecule has 36 heavy (non-hydrogen) atoms. The summed E-state index contributed by atoms with van der Waals surface area (Å²) in [6, 6.07) is 20.1. The van der Waals surface area contributed by atoms with E-state index in [1.165, 1.54) is 17.4 Å². The van der Waals surface area contributed by atoms with E-state index in [0.717, 1.165) is 33.7 Å². The van der Waals surface area contributed by atoms with E-state index in [9.17, 15) is 18.0 Å². The smallest absolute Gasteiger partial charge is 0.337 e. The predicted octanol–water partition coefficient (Wildman–Crippen LogP) is 4.42. The van der Waals surface area contributed by atoms with Crippen LogP contribution in [0.1, 0.15) is 23.7 Å². The van der Waals surface area contributed by atoms with Crippen molar-refractivity contribution < 1.29 is 17.7 Å². The molecule has 9 heteroatoms. The van der Waals surface area contributed by atoms with E-state index in [0.29, 0.717) is 28.3 Å². The maximum absolute atomic E-state index is 13.6. The molecule has 0 amide bonds. The van der Waals surface area contributed by atoms with Gasteiger partial charge in [-0.2, -0.15) is 17.7 Å². The molecule has 2 aromatic heterocycles. The predicted molar refractivity (Wildman–Crippen MR) is 138 cm³/mol. The summed E-state index contributed by atoms with van der Waals surface area (Å²) in [4.78, 5) is 15.2. The van der Waals surface area contributed by atoms with E-state index >= 15 is 0 Å². The Kier molecular flexibility index (Phi) is 6.53. The average molecular weight is 527 g/mol. The van der Waals surface area contributed by atoms with Gasteiger partial charge in [-0.3, -0.25) is 9.36 Å². The van der Waals surface area contributed by atoms with Crippen LogP contribution in [0.2, 0.25) is 0 Å². The van der Waals surface area contributed by atoms with Crippen LogP contribution in [-0.4, -0.2) is 11.6 Å². The highest BCUT2D eigenvalue weighted by Crippen LogP contribution is 2.50. The van der Waals surface area contributed by atoms with Crippen molar-refractivity contribution in [1.29, 1.82) is 0 Å². The van der Waals surface area contributed by atoms with E-state index in [1.807, 2.05) is 55.6 Å². The van der Waals surface area contributed by atoms with Gasteiger partial charge in [0.15, 0.2) is 12.7 Å². The van der Waals surface area contributed by atoms with Crippen LogP contribution in [0, 0.1) is 0 Å². The van der Waals surface area contributed by atoms with Crippen molar-refractivity contribution in [2.45, 2.75) is 31.1 Å². The number of thiazole rings is 1. The lowest BCUT2D eigenvalue weighted by molar-refractivity contribution is -0.690. The topological polar surface area (TPSA) is 29.1 Å². The summed E-state index contributed by atoms with van der Waals surface area (Å²) in [5.41, 5.74) is 1.65. The van der Waals surface area contributed by atoms with Gasteiger partial charge in [-0.1, -0.05) is 48.2 Å². The van der Waals surface area contributed by atoms with Crippen LogP contribution in [-0.2, 0) is 19.3 Å². The lowest BCUT2D eigenvalue weighted by Gasteiger charge is -2.13. The molecule has 0 N–H and O–H groups in total. The summed E-state index contributed by atoms with van der Waals surface area (Å²) < 4.78 is 45.8. The van der Waals surface area contributed by atoms with E-state index in [4.69, 9.17) is 0 Å². The first-order valence-electron chi connectivity index (χ1n) is 11.4. The third kappa shape index (κ3) is 4.49. The number of hydrogen-bond acceptors (Lipinski definition) is 4. The summed E-state index contributed by atoms with van der Waals surface area (Å²) >= 11 is 2.32. The number of alkyl halides is 3. The van der Waals surface area contributed by atoms with Gasteiger partial charge < -0.3 is 4.90 Å². The van der Waals surface area contributed by atoms with E-state index in [-0.39, 0.29) is 10.5 Å². The molecule has 0 bridgehead atoms. The lowest BCUT2D eigenvalue weighted by atomic mass is 10.2. The first-order chi connectivity index (χ1) is 17.3. The van der Waals surface area contributed by atoms with Crippen molar-refractivity contribution in [2.75, 3.05) is 11.9 Å². The second-order valence-electron chi connectivity index (χ2n) is 8.32. The van der Waals surface area contributed by atoms with E-state index in [1.54, 1.807) is 22.6 Å². The fourth-order valence-corrected chi connectivity index (χ4v) is 6.83. The second-order valence-corrected chi connectivity index (χ2v) is 10.3. The van der Waals surface area contributed by atoms with Gasteiger partial charge in [0.1, 0.15) is 14.2 Å². The molecule has 0 spiro atoms. The maximum Gasteiger partial charge on any atom is 0.417 e. The van der Waals surface area contributed by atoms with Gasteiger partial charge in [0.25, 0.3) is 5.56 Å². The zero-order valence-corrected chi connectivity index (χ0v) is 21.3. The summed E-state index contributed by atoms with van der Waals surface area (Å²) in [6.45, 7) is 3.02. The number of pyridine rings is 1. The summed E-state index contributed by atoms with van der Waals surface area (Å²) in [5.74, 6) is 0. The average Bonchev–Trinajstić information content (AvgIpc) is 3.36. The number of nitrogens with zero attached hydrogens (tertiary/aromatic N) is 3. The fraction of sp³-hybridized carbons (Fsp3) is 0.185. The van der Waals surface area contributed by atoms with Gasteiger partial charge in [-0.05, 0) is 25.1 Å². The third-order valence-corrected chi connectivity index (χ3v) is 8.58. The van der Waals surface area contributed by atoms with Crippen LogP contribution in [0.15, 0.2) is 82.6 Å². The summed E-state index contributed by atoms with van der Waals surface area (Å²) in [7, 11) is 1.71. The number of rotatable bonds is 4. The summed E-state index contributed by atoms with van der Waals surface area (Å²) in [6.07, 6.45) is -0.505. The Hall–Kier alpha value is -3.30. The van der Waals surface area contributed by atoms with Crippen molar-refractivity contribution in [2.24, 2.45) is 0 Å². The molecule has 0 aliphatic carbocycles. The lowest BCUT2D eigenvalue weighted by Crippen LogP contribution is -2.38. The van der Waals surface area contributed by atoms with Crippen molar-refractivity contribution in [3.63, 3.8) is 0 Å². The molecule has 2 aromatic carbocycles. The minimum Gasteiger partial charge on any atom is -0.337 e. The van der Waals surface area contributed by atoms with Gasteiger partial charge >= 0.3 is 6.18 Å². The van der Waals surface area contributed by atoms with Crippen LogP contribution in [0.3, 0.4) is 0 Å². The van der Waals surface area contributed by atoms with Crippen LogP contribution in [0.4, 0.5) is 18.9 Å². The molecule has 0 saturated carbocycles. The monoisotopic (exact) mass is 526 g/mol. The first kappa shape index (κ1) is 24.4. The van der Waals surface area contributed by atoms with Crippen LogP contribution in [0.5, 0.6) is 0 Å². The van der Waals surface area contributed by atoms with Crippen molar-refractivity contribution in [3.05, 3.63) is 109 Å². The standard InChI is InChI=1S/C27H23F3N3OS2/c1-3-33-22(16-19-12-7-8-15-32(19)17-18-10-5-4-6-11-18)35-24(25(33)34)26-31(2)21-14-9-13-20(23(21)36-26)27(28,29)30/h4-16H,3,17H2,1-2H3/q+1. The Labute approximate surface area is 214 Å². The molecular formula is C27H23F3N3OS2+. The van der Waals surface area contributed by atoms with Crippen LogP contribution < -0.4 is 24.2 Å². The molecule has 0 fully saturated rings. The van der Waals surface area contributed by atoms with Gasteiger partial charge in [-0.25, -0.2) is 0 Å². The van der Waals surface area contributed by atoms with Crippen molar-refractivity contribution in [3.8, 4) is 0 Å². The van der Waals surface area contributed by atoms with Gasteiger partial charge in [0, 0.05) is 42.3 Å². The molecule has 1 aliphatic heterocycles. The molecule has 1 aliphatic rings. The maximum atomic E-state index is 13.6. The highest BCUT2D eigenvalue weighted by molar-refractivity contribution is 8.08. The van der Waals surface area contributed by atoms with Gasteiger partial charge in [-0.15, -0.1) is 11.3 Å². The number of hydrogen-bond donors (Lipinski definition) is 0. The second kappa shape index (κ2) is 9.63. The van der Waals surface area contributed by atoms with E-state index < -0.39 is 11.7 Å². The highest BCUT2D eigenvalue weighted by atomic mass is 32.2. The number of aromatic nitrogens is 2. The Balaban J connectivity index is 1.64. The Morgan fingerprint density at radius 1 is 1.00 bits per heavy atom. The number of anilines is 1. The summed E-state index contributed by atoms with van der Waals surface area (Å²) in [5, 5.41) is 0.517. The quantitative estimate of drug-likeness (QED) is 0.369. The zero-order chi connectivity index (χ0) is 25.4. The highest BCUT2D eigenvalue weighted by Gasteiger charge is 2.38. The van der Waals surface area contributed by atoms with Crippen LogP contribution >= 0.6 is 23.1 Å². The Morgan fingerprint density at radius 3 is 2.47 bits per heavy atom. The molecule has 0 unspecified atom stereocenters. The Bertz CT molecular complexity index is 1610. The molecule has 4 nitrogen and oxygen atoms in total. The van der Waals surface area contributed by atoms with E-state index in [2.05, 4.69) is 16.7 Å². The van der Waals surface area contributed by atoms with Crippen LogP contribution in [0.25, 0.3) is 11.1 Å². The van der Waals surface area contributed by atoms with Crippen molar-refractivity contribution >= 4 is 39.9 Å². The molecular weight excluding hydrogens is 503 g/mol. The minimum absolute atomic E-state index is 0.132. The largest absolute Gasteiger partial charge is 0.417 e. The minimum atomic E-state index is -4.47. The Morgan fingerprint density at radius 2 is 1.75 bits per heavy atom. The zero-order valence-electron chi connectivity index (χ0n) is 19.6. The normalized spacial score (nSPS) is 15.5. The molecule has 0 saturated heterocycles. The number of fused-ring (bicyclic) bond motifs is 1. The van der Waals surface area contributed by atoms with Gasteiger partial charge in [0.2, 0.25) is 5.69 Å². The number of benzene rings is 2. The molecule has 5 rings (SSSR count). The SMILES string of the molecule is CCn1c(=Cc2cccc[n+]2Cc2ccccc2)sc(=C2Sc3c(cccc3C(F)(F)F)N2C)c1=O. The molecule has 0 atom stereocenters. The molecule has 0 radical (unpaired) electrons.